The molecule has 0 aromatic rings. The van der Waals surface area contributed by atoms with Gasteiger partial charge in [0.05, 0.1) is 0 Å². The van der Waals surface area contributed by atoms with Gasteiger partial charge in [0.1, 0.15) is 0 Å². The molecule has 2 rings (SSSR count). The minimum atomic E-state index is -1.27. The largest absolute Gasteiger partial charge is 0.426 e. The lowest BCUT2D eigenvalue weighted by Gasteiger charge is -2.32. The molecule has 1 fully saturated rings. The maximum Gasteiger partial charge on any atom is 0.336 e. The van der Waals surface area contributed by atoms with Crippen LogP contribution in [0.2, 0.25) is 0 Å². The number of hydrogen-bond donors (Lipinski definition) is 1. The molecule has 0 radical (unpaired) electrons. The summed E-state index contributed by atoms with van der Waals surface area (Å²) in [6.07, 6.45) is 2.37. The van der Waals surface area contributed by atoms with Crippen LogP contribution in [0.5, 0.6) is 0 Å². The third kappa shape index (κ3) is 1.18. The Kier molecular flexibility index (Phi) is 1.74. The van der Waals surface area contributed by atoms with E-state index in [0.717, 1.165) is 18.4 Å². The summed E-state index contributed by atoms with van der Waals surface area (Å²) in [4.78, 5) is 11.2. The van der Waals surface area contributed by atoms with Crippen LogP contribution < -0.4 is 0 Å². The van der Waals surface area contributed by atoms with Gasteiger partial charge in [-0.1, -0.05) is 6.92 Å². The van der Waals surface area contributed by atoms with E-state index in [9.17, 15) is 9.90 Å². The van der Waals surface area contributed by atoms with Gasteiger partial charge < -0.3 is 9.84 Å². The zero-order valence-electron chi connectivity index (χ0n) is 7.96. The first kappa shape index (κ1) is 8.75. The second kappa shape index (κ2) is 2.58. The number of hydrogen-bond acceptors (Lipinski definition) is 3. The third-order valence-electron chi connectivity index (χ3n) is 3.00. The predicted molar refractivity (Wildman–Crippen MR) is 46.8 cm³/mol. The Hall–Kier alpha value is -0.830. The molecule has 0 aromatic carbocycles. The van der Waals surface area contributed by atoms with Crippen molar-refractivity contribution in [3.8, 4) is 0 Å². The van der Waals surface area contributed by atoms with Gasteiger partial charge in [-0.25, -0.2) is 4.79 Å². The first-order chi connectivity index (χ1) is 6.03. The molecule has 0 spiro atoms. The zero-order chi connectivity index (χ0) is 9.64. The van der Waals surface area contributed by atoms with Crippen LogP contribution in [-0.4, -0.2) is 16.9 Å². The van der Waals surface area contributed by atoms with Crippen LogP contribution in [0.3, 0.4) is 0 Å². The molecule has 3 heteroatoms. The second-order valence-corrected chi connectivity index (χ2v) is 4.13. The van der Waals surface area contributed by atoms with Crippen molar-refractivity contribution in [2.45, 2.75) is 38.9 Å². The summed E-state index contributed by atoms with van der Waals surface area (Å²) >= 11 is 0. The number of aliphatic hydroxyl groups is 1. The van der Waals surface area contributed by atoms with Crippen molar-refractivity contribution < 1.29 is 14.6 Å². The fourth-order valence-corrected chi connectivity index (χ4v) is 2.22. The van der Waals surface area contributed by atoms with Crippen molar-refractivity contribution in [3.63, 3.8) is 0 Å². The van der Waals surface area contributed by atoms with E-state index in [0.29, 0.717) is 17.9 Å². The Morgan fingerprint density at radius 1 is 1.62 bits per heavy atom. The van der Waals surface area contributed by atoms with Gasteiger partial charge in [0.25, 0.3) is 0 Å². The molecule has 1 N–H and O–H groups in total. The van der Waals surface area contributed by atoms with Gasteiger partial charge in [-0.3, -0.25) is 0 Å². The summed E-state index contributed by atoms with van der Waals surface area (Å²) in [7, 11) is 0. The summed E-state index contributed by atoms with van der Waals surface area (Å²) < 4.78 is 4.98. The number of esters is 1. The van der Waals surface area contributed by atoms with Gasteiger partial charge in [-0.2, -0.15) is 0 Å². The van der Waals surface area contributed by atoms with Crippen LogP contribution in [-0.2, 0) is 9.53 Å². The molecule has 0 bridgehead atoms. The minimum absolute atomic E-state index is 0.355. The second-order valence-electron chi connectivity index (χ2n) is 4.13. The van der Waals surface area contributed by atoms with E-state index in [4.69, 9.17) is 4.74 Å². The van der Waals surface area contributed by atoms with E-state index in [1.54, 1.807) is 6.92 Å². The average Bonchev–Trinajstić information content (AvgIpc) is 2.22. The summed E-state index contributed by atoms with van der Waals surface area (Å²) in [6.45, 7) is 3.79. The molecule has 2 aliphatic rings. The van der Waals surface area contributed by atoms with Gasteiger partial charge in [0.15, 0.2) is 0 Å². The monoisotopic (exact) mass is 182 g/mol. The van der Waals surface area contributed by atoms with E-state index in [1.807, 2.05) is 0 Å². The summed E-state index contributed by atoms with van der Waals surface area (Å²) in [5, 5.41) is 10.0. The van der Waals surface area contributed by atoms with Gasteiger partial charge in [0.2, 0.25) is 5.79 Å². The smallest absolute Gasteiger partial charge is 0.336 e. The molecule has 0 amide bonds. The first-order valence-corrected chi connectivity index (χ1v) is 4.69. The highest BCUT2D eigenvalue weighted by Crippen LogP contribution is 2.43. The molecule has 72 valence electrons. The van der Waals surface area contributed by atoms with Crippen LogP contribution >= 0.6 is 0 Å². The van der Waals surface area contributed by atoms with Crippen molar-refractivity contribution in [2.75, 3.05) is 0 Å². The number of ether oxygens (including phenoxy) is 1. The summed E-state index contributed by atoms with van der Waals surface area (Å²) in [5.74, 6) is -1.20. The van der Waals surface area contributed by atoms with E-state index in [2.05, 4.69) is 6.92 Å². The molecule has 0 unspecified atom stereocenters. The van der Waals surface area contributed by atoms with E-state index >= 15 is 0 Å². The molecule has 0 saturated heterocycles. The predicted octanol–water partition coefficient (Wildman–Crippen LogP) is 1.37. The van der Waals surface area contributed by atoms with Crippen molar-refractivity contribution in [2.24, 2.45) is 5.92 Å². The SMILES string of the molecule is CC1=C2CC[C@H](C)C[C@@]2(O)OC1=O. The standard InChI is InChI=1S/C10H14O3/c1-6-3-4-8-7(2)9(11)13-10(8,12)5-6/h6,12H,3-5H2,1-2H3/t6-,10+/m0/s1. The topological polar surface area (TPSA) is 46.5 Å². The first-order valence-electron chi connectivity index (χ1n) is 4.69. The Morgan fingerprint density at radius 3 is 3.00 bits per heavy atom. The Balaban J connectivity index is 2.36. The average molecular weight is 182 g/mol. The van der Waals surface area contributed by atoms with Crippen LogP contribution in [0.1, 0.15) is 33.1 Å². The zero-order valence-corrected chi connectivity index (χ0v) is 7.96. The van der Waals surface area contributed by atoms with Crippen LogP contribution in [0, 0.1) is 5.92 Å². The lowest BCUT2D eigenvalue weighted by atomic mass is 9.81. The highest BCUT2D eigenvalue weighted by molar-refractivity contribution is 5.92. The van der Waals surface area contributed by atoms with Crippen LogP contribution in [0.25, 0.3) is 0 Å². The van der Waals surface area contributed by atoms with Gasteiger partial charge >= 0.3 is 5.97 Å². The van der Waals surface area contributed by atoms with Crippen LogP contribution in [0.15, 0.2) is 11.1 Å². The maximum absolute atomic E-state index is 11.2. The van der Waals surface area contributed by atoms with Crippen molar-refractivity contribution in [3.05, 3.63) is 11.1 Å². The quantitative estimate of drug-likeness (QED) is 0.575. The van der Waals surface area contributed by atoms with Gasteiger partial charge in [-0.15, -0.1) is 0 Å². The Labute approximate surface area is 77.4 Å². The van der Waals surface area contributed by atoms with Crippen molar-refractivity contribution in [1.82, 2.24) is 0 Å². The number of fused-ring (bicyclic) bond motifs is 1. The summed E-state index contributed by atoms with van der Waals surface area (Å²) in [6, 6.07) is 0. The minimum Gasteiger partial charge on any atom is -0.426 e. The fraction of sp³-hybridized carbons (Fsp3) is 0.700. The molecular formula is C10H14O3. The Morgan fingerprint density at radius 2 is 2.31 bits per heavy atom. The summed E-state index contributed by atoms with van der Waals surface area (Å²) in [5.41, 5.74) is 1.41. The number of carbonyl (C=O) groups is 1. The highest BCUT2D eigenvalue weighted by atomic mass is 16.7. The molecule has 1 aliphatic heterocycles. The molecule has 1 saturated carbocycles. The highest BCUT2D eigenvalue weighted by Gasteiger charge is 2.47. The molecule has 3 nitrogen and oxygen atoms in total. The van der Waals surface area contributed by atoms with Crippen molar-refractivity contribution in [1.29, 1.82) is 0 Å². The maximum atomic E-state index is 11.2. The lowest BCUT2D eigenvalue weighted by Crippen LogP contribution is -2.37. The number of carbonyl (C=O) groups excluding carboxylic acids is 1. The molecule has 2 atom stereocenters. The fourth-order valence-electron chi connectivity index (χ4n) is 2.22. The van der Waals surface area contributed by atoms with E-state index in [-0.39, 0.29) is 5.97 Å². The third-order valence-corrected chi connectivity index (χ3v) is 3.00. The van der Waals surface area contributed by atoms with Crippen LogP contribution in [0.4, 0.5) is 0 Å². The van der Waals surface area contributed by atoms with E-state index < -0.39 is 5.79 Å². The Bertz CT molecular complexity index is 293. The molecule has 13 heavy (non-hydrogen) atoms. The van der Waals surface area contributed by atoms with Gasteiger partial charge in [0, 0.05) is 17.6 Å². The molecule has 1 heterocycles. The lowest BCUT2D eigenvalue weighted by molar-refractivity contribution is -0.190. The molecule has 0 aromatic heterocycles. The number of rotatable bonds is 0. The van der Waals surface area contributed by atoms with Gasteiger partial charge in [-0.05, 0) is 25.7 Å². The van der Waals surface area contributed by atoms with Crippen molar-refractivity contribution >= 4 is 5.97 Å². The molecule has 1 aliphatic carbocycles. The van der Waals surface area contributed by atoms with E-state index in [1.165, 1.54) is 0 Å². The normalized spacial score (nSPS) is 39.0. The molecular weight excluding hydrogens is 168 g/mol.